The summed E-state index contributed by atoms with van der Waals surface area (Å²) < 4.78 is 21.5. The quantitative estimate of drug-likeness (QED) is 0.586. The maximum absolute atomic E-state index is 11.0. The molecule has 1 amide bonds. The second kappa shape index (κ2) is 3.40. The second-order valence-corrected chi connectivity index (χ2v) is 5.13. The largest absolute Gasteiger partial charge is 0.328 e. The van der Waals surface area contributed by atoms with Crippen LogP contribution in [0.25, 0.3) is 0 Å². The molecule has 0 aromatic carbocycles. The van der Waals surface area contributed by atoms with Gasteiger partial charge in [-0.25, -0.2) is 8.42 Å². The molecule has 5 nitrogen and oxygen atoms in total. The van der Waals surface area contributed by atoms with Crippen LogP contribution in [0.3, 0.4) is 0 Å². The number of nitrogens with zero attached hydrogens (tertiary/aromatic N) is 1. The Kier molecular flexibility index (Phi) is 2.69. The highest BCUT2D eigenvalue weighted by molar-refractivity contribution is 7.90. The Labute approximate surface area is 71.7 Å². The van der Waals surface area contributed by atoms with E-state index in [4.69, 9.17) is 0 Å². The first kappa shape index (κ1) is 9.47. The SMILES string of the molecule is CS(=O)(=O)CCN1CNCC1=O. The summed E-state index contributed by atoms with van der Waals surface area (Å²) in [4.78, 5) is 12.5. The third-order valence-electron chi connectivity index (χ3n) is 1.66. The molecule has 1 N–H and O–H groups in total. The molecule has 1 rings (SSSR count). The zero-order chi connectivity index (χ0) is 9.19. The molecule has 0 spiro atoms. The Bertz CT molecular complexity index is 273. The zero-order valence-electron chi connectivity index (χ0n) is 6.91. The Morgan fingerprint density at radius 2 is 2.25 bits per heavy atom. The predicted octanol–water partition coefficient (Wildman–Crippen LogP) is -1.58. The van der Waals surface area contributed by atoms with Crippen LogP contribution in [0.1, 0.15) is 0 Å². The molecule has 1 aliphatic rings. The maximum Gasteiger partial charge on any atom is 0.237 e. The van der Waals surface area contributed by atoms with Gasteiger partial charge in [0.25, 0.3) is 0 Å². The third kappa shape index (κ3) is 2.78. The van der Waals surface area contributed by atoms with Gasteiger partial charge in [0.1, 0.15) is 9.84 Å². The zero-order valence-corrected chi connectivity index (χ0v) is 7.73. The van der Waals surface area contributed by atoms with Crippen molar-refractivity contribution in [3.63, 3.8) is 0 Å². The normalized spacial score (nSPS) is 18.8. The van der Waals surface area contributed by atoms with E-state index in [0.717, 1.165) is 0 Å². The number of amides is 1. The summed E-state index contributed by atoms with van der Waals surface area (Å²) in [6, 6.07) is 0. The Hall–Kier alpha value is -0.620. The highest BCUT2D eigenvalue weighted by Gasteiger charge is 2.19. The third-order valence-corrected chi connectivity index (χ3v) is 2.59. The van der Waals surface area contributed by atoms with Gasteiger partial charge < -0.3 is 4.90 Å². The minimum Gasteiger partial charge on any atom is -0.328 e. The fraction of sp³-hybridized carbons (Fsp3) is 0.833. The Morgan fingerprint density at radius 3 is 2.67 bits per heavy atom. The molecule has 0 radical (unpaired) electrons. The second-order valence-electron chi connectivity index (χ2n) is 2.87. The standard InChI is InChI=1S/C6H12N2O3S/c1-12(10,11)3-2-8-5-7-4-6(8)9/h7H,2-5H2,1H3. The van der Waals surface area contributed by atoms with E-state index >= 15 is 0 Å². The molecule has 0 unspecified atom stereocenters. The molecule has 0 saturated carbocycles. The van der Waals surface area contributed by atoms with E-state index in [2.05, 4.69) is 5.32 Å². The fourth-order valence-corrected chi connectivity index (χ4v) is 1.53. The summed E-state index contributed by atoms with van der Waals surface area (Å²) >= 11 is 0. The van der Waals surface area contributed by atoms with Crippen LogP contribution in [0.2, 0.25) is 0 Å². The first-order chi connectivity index (χ1) is 5.49. The van der Waals surface area contributed by atoms with Gasteiger partial charge in [-0.1, -0.05) is 0 Å². The average molecular weight is 192 g/mol. The highest BCUT2D eigenvalue weighted by Crippen LogP contribution is 1.95. The predicted molar refractivity (Wildman–Crippen MR) is 44.3 cm³/mol. The number of carbonyl (C=O) groups excluding carboxylic acids is 1. The van der Waals surface area contributed by atoms with Crippen molar-refractivity contribution in [3.8, 4) is 0 Å². The first-order valence-corrected chi connectivity index (χ1v) is 5.71. The van der Waals surface area contributed by atoms with Crippen molar-refractivity contribution in [1.82, 2.24) is 10.2 Å². The fourth-order valence-electron chi connectivity index (χ4n) is 0.978. The van der Waals surface area contributed by atoms with E-state index in [-0.39, 0.29) is 11.7 Å². The minimum absolute atomic E-state index is 0.0290. The van der Waals surface area contributed by atoms with Crippen molar-refractivity contribution in [3.05, 3.63) is 0 Å². The van der Waals surface area contributed by atoms with Gasteiger partial charge in [0.2, 0.25) is 5.91 Å². The van der Waals surface area contributed by atoms with Gasteiger partial charge in [-0.05, 0) is 0 Å². The molecule has 1 heterocycles. The van der Waals surface area contributed by atoms with Crippen LogP contribution in [0.4, 0.5) is 0 Å². The molecule has 12 heavy (non-hydrogen) atoms. The molecule has 0 aliphatic carbocycles. The number of rotatable bonds is 3. The van der Waals surface area contributed by atoms with Crippen molar-refractivity contribution in [2.45, 2.75) is 0 Å². The molecule has 1 aliphatic heterocycles. The van der Waals surface area contributed by atoms with Gasteiger partial charge in [0.05, 0.1) is 19.0 Å². The number of hydrogen-bond donors (Lipinski definition) is 1. The smallest absolute Gasteiger partial charge is 0.237 e. The number of sulfone groups is 1. The lowest BCUT2D eigenvalue weighted by atomic mass is 10.5. The lowest BCUT2D eigenvalue weighted by Gasteiger charge is -2.12. The van der Waals surface area contributed by atoms with Gasteiger partial charge in [-0.3, -0.25) is 10.1 Å². The molecule has 6 heteroatoms. The van der Waals surface area contributed by atoms with Crippen LogP contribution in [-0.4, -0.2) is 51.0 Å². The molecule has 1 saturated heterocycles. The average Bonchev–Trinajstić information content (AvgIpc) is 2.29. The van der Waals surface area contributed by atoms with Gasteiger partial charge in [0, 0.05) is 12.8 Å². The van der Waals surface area contributed by atoms with E-state index in [9.17, 15) is 13.2 Å². The molecule has 0 aromatic rings. The van der Waals surface area contributed by atoms with Crippen molar-refractivity contribution < 1.29 is 13.2 Å². The summed E-state index contributed by atoms with van der Waals surface area (Å²) in [5, 5.41) is 2.84. The minimum atomic E-state index is -2.96. The van der Waals surface area contributed by atoms with Crippen molar-refractivity contribution >= 4 is 15.7 Å². The monoisotopic (exact) mass is 192 g/mol. The molecular formula is C6H12N2O3S. The number of hydrogen-bond acceptors (Lipinski definition) is 4. The highest BCUT2D eigenvalue weighted by atomic mass is 32.2. The lowest BCUT2D eigenvalue weighted by Crippen LogP contribution is -2.31. The van der Waals surface area contributed by atoms with Gasteiger partial charge >= 0.3 is 0 Å². The molecule has 0 bridgehead atoms. The van der Waals surface area contributed by atoms with Crippen LogP contribution in [-0.2, 0) is 14.6 Å². The molecule has 70 valence electrons. The van der Waals surface area contributed by atoms with Crippen LogP contribution in [0.15, 0.2) is 0 Å². The van der Waals surface area contributed by atoms with E-state index in [1.807, 2.05) is 0 Å². The summed E-state index contributed by atoms with van der Waals surface area (Å²) in [5.41, 5.74) is 0. The van der Waals surface area contributed by atoms with E-state index in [0.29, 0.717) is 19.8 Å². The first-order valence-electron chi connectivity index (χ1n) is 3.65. The number of carbonyl (C=O) groups is 1. The van der Waals surface area contributed by atoms with Crippen LogP contribution < -0.4 is 5.32 Å². The van der Waals surface area contributed by atoms with Crippen molar-refractivity contribution in [2.24, 2.45) is 0 Å². The summed E-state index contributed by atoms with van der Waals surface area (Å²) in [6.45, 7) is 1.09. The summed E-state index contributed by atoms with van der Waals surface area (Å²) in [6.07, 6.45) is 1.17. The van der Waals surface area contributed by atoms with Crippen molar-refractivity contribution in [1.29, 1.82) is 0 Å². The van der Waals surface area contributed by atoms with Crippen molar-refractivity contribution in [2.75, 3.05) is 31.8 Å². The van der Waals surface area contributed by atoms with E-state index < -0.39 is 9.84 Å². The molecule has 0 aromatic heterocycles. The molecule has 0 atom stereocenters. The van der Waals surface area contributed by atoms with Crippen LogP contribution >= 0.6 is 0 Å². The summed E-state index contributed by atoms with van der Waals surface area (Å²) in [5.74, 6) is 0.0131. The summed E-state index contributed by atoms with van der Waals surface area (Å²) in [7, 11) is -2.96. The van der Waals surface area contributed by atoms with E-state index in [1.54, 1.807) is 0 Å². The van der Waals surface area contributed by atoms with Crippen LogP contribution in [0, 0.1) is 0 Å². The van der Waals surface area contributed by atoms with Gasteiger partial charge in [0.15, 0.2) is 0 Å². The molecule has 1 fully saturated rings. The maximum atomic E-state index is 11.0. The number of nitrogens with one attached hydrogen (secondary N) is 1. The molecular weight excluding hydrogens is 180 g/mol. The van der Waals surface area contributed by atoms with Crippen LogP contribution in [0.5, 0.6) is 0 Å². The van der Waals surface area contributed by atoms with Gasteiger partial charge in [-0.15, -0.1) is 0 Å². The Morgan fingerprint density at radius 1 is 1.58 bits per heavy atom. The lowest BCUT2D eigenvalue weighted by molar-refractivity contribution is -0.126. The topological polar surface area (TPSA) is 66.5 Å². The van der Waals surface area contributed by atoms with Gasteiger partial charge in [-0.2, -0.15) is 0 Å². The van der Waals surface area contributed by atoms with E-state index in [1.165, 1.54) is 11.2 Å². The Balaban J connectivity index is 2.37.